The second kappa shape index (κ2) is 4.64. The zero-order valence-corrected chi connectivity index (χ0v) is 10.8. The zero-order chi connectivity index (χ0) is 14.1. The van der Waals surface area contributed by atoms with E-state index in [-0.39, 0.29) is 11.4 Å². The number of primary amides is 1. The number of ether oxygens (including phenoxy) is 1. The van der Waals surface area contributed by atoms with E-state index in [1.165, 1.54) is 19.2 Å². The van der Waals surface area contributed by atoms with Gasteiger partial charge in [-0.1, -0.05) is 0 Å². The van der Waals surface area contributed by atoms with Crippen molar-refractivity contribution < 1.29 is 14.5 Å². The third kappa shape index (κ3) is 2.27. The number of hydrogen-bond acceptors (Lipinski definition) is 4. The molecule has 1 rings (SSSR count). The molecule has 0 unspecified atom stereocenters. The quantitative estimate of drug-likeness (QED) is 0.651. The molecule has 0 radical (unpaired) electrons. The van der Waals surface area contributed by atoms with Crippen molar-refractivity contribution in [3.8, 4) is 5.75 Å². The maximum absolute atomic E-state index is 11.4. The first kappa shape index (κ1) is 14.0. The first-order valence-corrected chi connectivity index (χ1v) is 5.35. The number of nitrogens with two attached hydrogens (primary N) is 1. The molecule has 6 heteroatoms. The Morgan fingerprint density at radius 1 is 1.44 bits per heavy atom. The van der Waals surface area contributed by atoms with Gasteiger partial charge in [0, 0.05) is 6.07 Å². The number of carbonyl (C=O) groups is 1. The summed E-state index contributed by atoms with van der Waals surface area (Å²) in [6.45, 7) is 5.04. The summed E-state index contributed by atoms with van der Waals surface area (Å²) in [6, 6.07) is 2.89. The van der Waals surface area contributed by atoms with E-state index in [2.05, 4.69) is 0 Å². The number of methoxy groups -OCH3 is 1. The standard InChI is InChI=1S/C12H16N2O4/c1-7-5-9(14(16)17)10(18-4)6-8(7)12(2,3)11(13)15/h5-6H,1-4H3,(H2,13,15). The van der Waals surface area contributed by atoms with Gasteiger partial charge in [-0.2, -0.15) is 0 Å². The largest absolute Gasteiger partial charge is 0.490 e. The van der Waals surface area contributed by atoms with Gasteiger partial charge in [0.15, 0.2) is 5.75 Å². The second-order valence-electron chi connectivity index (χ2n) is 4.59. The van der Waals surface area contributed by atoms with Crippen LogP contribution >= 0.6 is 0 Å². The molecule has 0 atom stereocenters. The molecule has 1 amide bonds. The summed E-state index contributed by atoms with van der Waals surface area (Å²) in [5, 5.41) is 10.9. The van der Waals surface area contributed by atoms with Crippen LogP contribution in [0.15, 0.2) is 12.1 Å². The number of nitro benzene ring substituents is 1. The van der Waals surface area contributed by atoms with Gasteiger partial charge in [-0.05, 0) is 38.0 Å². The second-order valence-corrected chi connectivity index (χ2v) is 4.59. The maximum Gasteiger partial charge on any atom is 0.311 e. The summed E-state index contributed by atoms with van der Waals surface area (Å²) >= 11 is 0. The van der Waals surface area contributed by atoms with Crippen LogP contribution < -0.4 is 10.5 Å². The number of benzene rings is 1. The first-order valence-electron chi connectivity index (χ1n) is 5.35. The minimum Gasteiger partial charge on any atom is -0.490 e. The van der Waals surface area contributed by atoms with Crippen LogP contribution in [-0.2, 0) is 10.2 Å². The van der Waals surface area contributed by atoms with Gasteiger partial charge >= 0.3 is 5.69 Å². The number of amides is 1. The summed E-state index contributed by atoms with van der Waals surface area (Å²) in [5.74, 6) is -0.378. The Labute approximate surface area is 105 Å². The molecule has 0 aliphatic heterocycles. The van der Waals surface area contributed by atoms with Crippen LogP contribution in [0.3, 0.4) is 0 Å². The van der Waals surface area contributed by atoms with Crippen molar-refractivity contribution in [3.05, 3.63) is 33.4 Å². The van der Waals surface area contributed by atoms with Gasteiger partial charge in [-0.25, -0.2) is 0 Å². The SMILES string of the molecule is COc1cc(C(C)(C)C(N)=O)c(C)cc1[N+](=O)[O-]. The lowest BCUT2D eigenvalue weighted by Crippen LogP contribution is -2.36. The Morgan fingerprint density at radius 2 is 2.00 bits per heavy atom. The fraction of sp³-hybridized carbons (Fsp3) is 0.417. The summed E-state index contributed by atoms with van der Waals surface area (Å²) in [5.41, 5.74) is 5.56. The highest BCUT2D eigenvalue weighted by molar-refractivity contribution is 5.86. The van der Waals surface area contributed by atoms with Crippen molar-refractivity contribution >= 4 is 11.6 Å². The fourth-order valence-electron chi connectivity index (χ4n) is 1.79. The van der Waals surface area contributed by atoms with Gasteiger partial charge in [0.2, 0.25) is 5.91 Å². The zero-order valence-electron chi connectivity index (χ0n) is 10.8. The molecule has 1 aromatic rings. The van der Waals surface area contributed by atoms with Crippen LogP contribution in [0.5, 0.6) is 5.75 Å². The molecule has 18 heavy (non-hydrogen) atoms. The number of carbonyl (C=O) groups excluding carboxylic acids is 1. The van der Waals surface area contributed by atoms with Gasteiger partial charge in [-0.15, -0.1) is 0 Å². The van der Waals surface area contributed by atoms with E-state index in [0.29, 0.717) is 11.1 Å². The Kier molecular flexibility index (Phi) is 3.59. The lowest BCUT2D eigenvalue weighted by molar-refractivity contribution is -0.385. The van der Waals surface area contributed by atoms with Gasteiger partial charge in [0.05, 0.1) is 17.4 Å². The predicted octanol–water partition coefficient (Wildman–Crippen LogP) is 1.67. The highest BCUT2D eigenvalue weighted by atomic mass is 16.6. The van der Waals surface area contributed by atoms with Crippen molar-refractivity contribution in [2.45, 2.75) is 26.2 Å². The molecule has 0 saturated heterocycles. The molecule has 2 N–H and O–H groups in total. The smallest absolute Gasteiger partial charge is 0.311 e. The van der Waals surface area contributed by atoms with Crippen molar-refractivity contribution in [3.63, 3.8) is 0 Å². The minimum absolute atomic E-state index is 0.120. The highest BCUT2D eigenvalue weighted by Gasteiger charge is 2.31. The Hall–Kier alpha value is -2.11. The molecule has 0 fully saturated rings. The molecule has 1 aromatic carbocycles. The van der Waals surface area contributed by atoms with Crippen molar-refractivity contribution in [1.82, 2.24) is 0 Å². The van der Waals surface area contributed by atoms with Crippen LogP contribution in [0.4, 0.5) is 5.69 Å². The number of rotatable bonds is 4. The monoisotopic (exact) mass is 252 g/mol. The van der Waals surface area contributed by atoms with E-state index in [1.54, 1.807) is 20.8 Å². The lowest BCUT2D eigenvalue weighted by Gasteiger charge is -2.23. The lowest BCUT2D eigenvalue weighted by atomic mass is 9.81. The first-order chi connectivity index (χ1) is 8.21. The molecule has 98 valence electrons. The molecule has 0 aliphatic carbocycles. The molecule has 6 nitrogen and oxygen atoms in total. The highest BCUT2D eigenvalue weighted by Crippen LogP contribution is 2.35. The average Bonchev–Trinajstić information content (AvgIpc) is 2.27. The van der Waals surface area contributed by atoms with Crippen LogP contribution in [0.1, 0.15) is 25.0 Å². The van der Waals surface area contributed by atoms with Gasteiger partial charge in [0.25, 0.3) is 0 Å². The van der Waals surface area contributed by atoms with E-state index in [4.69, 9.17) is 10.5 Å². The minimum atomic E-state index is -0.910. The normalized spacial score (nSPS) is 11.1. The molecular weight excluding hydrogens is 236 g/mol. The van der Waals surface area contributed by atoms with E-state index in [0.717, 1.165) is 0 Å². The summed E-state index contributed by atoms with van der Waals surface area (Å²) in [4.78, 5) is 21.8. The average molecular weight is 252 g/mol. The van der Waals surface area contributed by atoms with Crippen molar-refractivity contribution in [2.75, 3.05) is 7.11 Å². The Morgan fingerprint density at radius 3 is 2.39 bits per heavy atom. The van der Waals surface area contributed by atoms with Crippen LogP contribution in [-0.4, -0.2) is 17.9 Å². The van der Waals surface area contributed by atoms with Gasteiger partial charge < -0.3 is 10.5 Å². The third-order valence-corrected chi connectivity index (χ3v) is 3.01. The van der Waals surface area contributed by atoms with Crippen LogP contribution in [0, 0.1) is 17.0 Å². The number of hydrogen-bond donors (Lipinski definition) is 1. The molecular formula is C12H16N2O4. The summed E-state index contributed by atoms with van der Waals surface area (Å²) < 4.78 is 4.98. The van der Waals surface area contributed by atoms with Crippen LogP contribution in [0.25, 0.3) is 0 Å². The number of nitro groups is 1. The maximum atomic E-state index is 11.4. The third-order valence-electron chi connectivity index (χ3n) is 3.01. The fourth-order valence-corrected chi connectivity index (χ4v) is 1.79. The number of nitrogens with zero attached hydrogens (tertiary/aromatic N) is 1. The van der Waals surface area contributed by atoms with E-state index in [9.17, 15) is 14.9 Å². The Balaban J connectivity index is 3.50. The molecule has 0 saturated carbocycles. The van der Waals surface area contributed by atoms with Gasteiger partial charge in [-0.3, -0.25) is 14.9 Å². The molecule has 0 aliphatic rings. The van der Waals surface area contributed by atoms with E-state index < -0.39 is 16.2 Å². The molecule has 0 aromatic heterocycles. The molecule has 0 bridgehead atoms. The predicted molar refractivity (Wildman–Crippen MR) is 66.6 cm³/mol. The number of aryl methyl sites for hydroxylation is 1. The topological polar surface area (TPSA) is 95.5 Å². The van der Waals surface area contributed by atoms with Crippen molar-refractivity contribution in [2.24, 2.45) is 5.73 Å². The van der Waals surface area contributed by atoms with E-state index in [1.807, 2.05) is 0 Å². The molecule has 0 spiro atoms. The summed E-state index contributed by atoms with van der Waals surface area (Å²) in [6.07, 6.45) is 0. The Bertz CT molecular complexity index is 509. The van der Waals surface area contributed by atoms with Crippen LogP contribution in [0.2, 0.25) is 0 Å². The van der Waals surface area contributed by atoms with E-state index >= 15 is 0 Å². The van der Waals surface area contributed by atoms with Gasteiger partial charge in [0.1, 0.15) is 0 Å². The summed E-state index contributed by atoms with van der Waals surface area (Å²) in [7, 11) is 1.35. The van der Waals surface area contributed by atoms with Crippen molar-refractivity contribution in [1.29, 1.82) is 0 Å². The molecule has 0 heterocycles.